The number of amides is 3. The van der Waals surface area contributed by atoms with Crippen molar-refractivity contribution in [3.05, 3.63) is 12.2 Å². The largest absolute Gasteiger partial charge is 0.480 e. The molecule has 0 aliphatic heterocycles. The monoisotopic (exact) mass is 298 g/mol. The van der Waals surface area contributed by atoms with Crippen molar-refractivity contribution < 1.29 is 19.5 Å². The Bertz CT molecular complexity index is 475. The fourth-order valence-electron chi connectivity index (χ4n) is 1.56. The van der Waals surface area contributed by atoms with Gasteiger partial charge in [-0.2, -0.15) is 5.10 Å². The number of H-pyrrole nitrogens is 1. The summed E-state index contributed by atoms with van der Waals surface area (Å²) in [4.78, 5) is 37.0. The lowest BCUT2D eigenvalue weighted by Gasteiger charge is -2.14. The maximum absolute atomic E-state index is 11.5. The molecule has 1 heterocycles. The molecule has 1 rings (SSSR count). The van der Waals surface area contributed by atoms with E-state index in [4.69, 9.17) is 10.8 Å². The fourth-order valence-corrected chi connectivity index (χ4v) is 1.56. The summed E-state index contributed by atoms with van der Waals surface area (Å²) in [7, 11) is 0. The molecule has 21 heavy (non-hydrogen) atoms. The van der Waals surface area contributed by atoms with Crippen molar-refractivity contribution >= 4 is 17.9 Å². The molecule has 0 fully saturated rings. The van der Waals surface area contributed by atoms with Gasteiger partial charge < -0.3 is 21.5 Å². The topological polar surface area (TPSA) is 163 Å². The van der Waals surface area contributed by atoms with E-state index in [9.17, 15) is 14.4 Å². The summed E-state index contributed by atoms with van der Waals surface area (Å²) >= 11 is 0. The van der Waals surface area contributed by atoms with Gasteiger partial charge in [-0.3, -0.25) is 9.89 Å². The van der Waals surface area contributed by atoms with Gasteiger partial charge in [-0.15, -0.1) is 0 Å². The van der Waals surface area contributed by atoms with Crippen molar-refractivity contribution in [1.82, 2.24) is 25.8 Å². The molecule has 0 aromatic carbocycles. The van der Waals surface area contributed by atoms with E-state index in [1.54, 1.807) is 0 Å². The van der Waals surface area contributed by atoms with Gasteiger partial charge in [-0.25, -0.2) is 14.6 Å². The molecule has 0 bridgehead atoms. The second-order valence-electron chi connectivity index (χ2n) is 4.33. The van der Waals surface area contributed by atoms with Crippen molar-refractivity contribution in [2.45, 2.75) is 31.7 Å². The summed E-state index contributed by atoms with van der Waals surface area (Å²) in [6, 6.07) is -1.75. The number of nitrogens with one attached hydrogen (secondary N) is 3. The third-order valence-corrected chi connectivity index (χ3v) is 2.62. The number of hydrogen-bond donors (Lipinski definition) is 5. The number of carbonyl (C=O) groups excluding carboxylic acids is 2. The zero-order valence-electron chi connectivity index (χ0n) is 11.3. The van der Waals surface area contributed by atoms with E-state index in [1.165, 1.54) is 6.33 Å². The highest BCUT2D eigenvalue weighted by molar-refractivity contribution is 5.83. The molecule has 1 aromatic rings. The van der Waals surface area contributed by atoms with Crippen molar-refractivity contribution in [2.75, 3.05) is 6.54 Å². The van der Waals surface area contributed by atoms with Gasteiger partial charge in [0.25, 0.3) is 0 Å². The van der Waals surface area contributed by atoms with Crippen LogP contribution in [0.4, 0.5) is 4.79 Å². The molecule has 116 valence electrons. The lowest BCUT2D eigenvalue weighted by molar-refractivity contribution is -0.139. The summed E-state index contributed by atoms with van der Waals surface area (Å²) in [5.74, 6) is -1.12. The third-order valence-electron chi connectivity index (χ3n) is 2.62. The van der Waals surface area contributed by atoms with E-state index in [0.29, 0.717) is 25.2 Å². The molecule has 1 aromatic heterocycles. The number of carbonyl (C=O) groups is 3. The average Bonchev–Trinajstić information content (AvgIpc) is 2.92. The maximum atomic E-state index is 11.5. The van der Waals surface area contributed by atoms with Gasteiger partial charge in [0.1, 0.15) is 18.2 Å². The van der Waals surface area contributed by atoms with Crippen molar-refractivity contribution in [1.29, 1.82) is 0 Å². The van der Waals surface area contributed by atoms with Gasteiger partial charge in [0, 0.05) is 19.4 Å². The number of carboxylic acid groups (broad SMARTS) is 1. The number of carboxylic acids is 1. The number of nitrogens with zero attached hydrogens (tertiary/aromatic N) is 2. The second kappa shape index (κ2) is 8.51. The smallest absolute Gasteiger partial charge is 0.326 e. The number of aromatic amines is 1. The third kappa shape index (κ3) is 6.89. The number of aliphatic carboxylic acids is 1. The van der Waals surface area contributed by atoms with Crippen LogP contribution < -0.4 is 16.4 Å². The summed E-state index contributed by atoms with van der Waals surface area (Å²) in [5, 5.41) is 20.1. The number of aryl methyl sites for hydroxylation is 1. The molecule has 0 unspecified atom stereocenters. The average molecular weight is 298 g/mol. The highest BCUT2D eigenvalue weighted by atomic mass is 16.4. The fraction of sp³-hybridized carbons (Fsp3) is 0.545. The molecule has 0 radical (unpaired) electrons. The molecule has 6 N–H and O–H groups in total. The summed E-state index contributed by atoms with van der Waals surface area (Å²) in [6.45, 7) is 0.356. The molecule has 0 saturated carbocycles. The van der Waals surface area contributed by atoms with Crippen LogP contribution in [0.25, 0.3) is 0 Å². The number of primary amides is 1. The molecule has 1 atom stereocenters. The summed E-state index contributed by atoms with van der Waals surface area (Å²) in [5.41, 5.74) is 4.94. The van der Waals surface area contributed by atoms with E-state index >= 15 is 0 Å². The highest BCUT2D eigenvalue weighted by Crippen LogP contribution is 1.97. The Hall–Kier alpha value is -2.65. The van der Waals surface area contributed by atoms with Crippen LogP contribution in [-0.4, -0.2) is 50.8 Å². The number of hydrogen-bond acceptors (Lipinski definition) is 5. The minimum absolute atomic E-state index is 0.0455. The Labute approximate surface area is 120 Å². The van der Waals surface area contributed by atoms with Crippen molar-refractivity contribution in [3.63, 3.8) is 0 Å². The van der Waals surface area contributed by atoms with Gasteiger partial charge >= 0.3 is 12.0 Å². The van der Waals surface area contributed by atoms with Crippen LogP contribution in [0.2, 0.25) is 0 Å². The Morgan fingerprint density at radius 2 is 2.19 bits per heavy atom. The Balaban J connectivity index is 2.23. The van der Waals surface area contributed by atoms with Crippen LogP contribution in [0.15, 0.2) is 6.33 Å². The molecule has 3 amide bonds. The first kappa shape index (κ1) is 16.4. The molecular formula is C11H18N6O4. The van der Waals surface area contributed by atoms with Crippen molar-refractivity contribution in [3.8, 4) is 0 Å². The molecule has 0 aliphatic rings. The van der Waals surface area contributed by atoms with Gasteiger partial charge in [0.2, 0.25) is 5.91 Å². The van der Waals surface area contributed by atoms with Crippen LogP contribution in [0.3, 0.4) is 0 Å². The maximum Gasteiger partial charge on any atom is 0.326 e. The van der Waals surface area contributed by atoms with Gasteiger partial charge in [0.05, 0.1) is 0 Å². The van der Waals surface area contributed by atoms with E-state index in [2.05, 4.69) is 25.8 Å². The zero-order chi connectivity index (χ0) is 15.7. The minimum atomic E-state index is -1.21. The second-order valence-corrected chi connectivity index (χ2v) is 4.33. The van der Waals surface area contributed by atoms with Crippen LogP contribution in [0.1, 0.15) is 25.1 Å². The molecule has 10 nitrogen and oxygen atoms in total. The molecule has 10 heteroatoms. The van der Waals surface area contributed by atoms with E-state index < -0.39 is 23.9 Å². The molecule has 0 aliphatic carbocycles. The Morgan fingerprint density at radius 1 is 1.43 bits per heavy atom. The Morgan fingerprint density at radius 3 is 2.76 bits per heavy atom. The van der Waals surface area contributed by atoms with Gasteiger partial charge in [-0.1, -0.05) is 0 Å². The quantitative estimate of drug-likeness (QED) is 0.358. The summed E-state index contributed by atoms with van der Waals surface area (Å²) in [6.07, 6.45) is 2.48. The Kier molecular flexibility index (Phi) is 6.65. The number of aromatic nitrogens is 3. The van der Waals surface area contributed by atoms with Gasteiger partial charge in [-0.05, 0) is 12.8 Å². The lowest BCUT2D eigenvalue weighted by atomic mass is 10.1. The normalized spacial score (nSPS) is 11.6. The van der Waals surface area contributed by atoms with Gasteiger partial charge in [0.15, 0.2) is 0 Å². The molecular weight excluding hydrogens is 280 g/mol. The number of rotatable bonds is 9. The predicted octanol–water partition coefficient (Wildman–Crippen LogP) is -1.24. The van der Waals surface area contributed by atoms with Crippen LogP contribution in [-0.2, 0) is 16.0 Å². The standard InChI is InChI=1S/C11H18N6O4/c12-8(18)4-3-7(10(19)20)16-11(21)13-5-1-2-9-14-6-15-17-9/h6-7H,1-5H2,(H2,12,18)(H,19,20)(H2,13,16,21)(H,14,15,17)/t7-/m0/s1. The number of urea groups is 1. The highest BCUT2D eigenvalue weighted by Gasteiger charge is 2.20. The van der Waals surface area contributed by atoms with Crippen LogP contribution in [0, 0.1) is 0 Å². The lowest BCUT2D eigenvalue weighted by Crippen LogP contribution is -2.46. The number of nitrogens with two attached hydrogens (primary N) is 1. The summed E-state index contributed by atoms with van der Waals surface area (Å²) < 4.78 is 0. The minimum Gasteiger partial charge on any atom is -0.480 e. The van der Waals surface area contributed by atoms with E-state index in [0.717, 1.165) is 0 Å². The first-order valence-corrected chi connectivity index (χ1v) is 6.38. The van der Waals surface area contributed by atoms with E-state index in [1.807, 2.05) is 0 Å². The van der Waals surface area contributed by atoms with Crippen molar-refractivity contribution in [2.24, 2.45) is 5.73 Å². The first-order valence-electron chi connectivity index (χ1n) is 6.38. The molecule has 0 spiro atoms. The first-order chi connectivity index (χ1) is 9.99. The molecule has 0 saturated heterocycles. The predicted molar refractivity (Wildman–Crippen MR) is 71.1 cm³/mol. The SMILES string of the molecule is NC(=O)CC[C@H](NC(=O)NCCCc1ncn[nH]1)C(=O)O. The van der Waals surface area contributed by atoms with Crippen LogP contribution in [0.5, 0.6) is 0 Å². The van der Waals surface area contributed by atoms with E-state index in [-0.39, 0.29) is 12.8 Å². The van der Waals surface area contributed by atoms with Crippen LogP contribution >= 0.6 is 0 Å². The zero-order valence-corrected chi connectivity index (χ0v) is 11.3.